The highest BCUT2D eigenvalue weighted by atomic mass is 35.5. The summed E-state index contributed by atoms with van der Waals surface area (Å²) in [5, 5.41) is 6.77. The average molecular weight is 386 g/mol. The molecule has 0 spiro atoms. The predicted molar refractivity (Wildman–Crippen MR) is 98.1 cm³/mol. The van der Waals surface area contributed by atoms with E-state index in [9.17, 15) is 8.42 Å². The average Bonchev–Trinajstić information content (AvgIpc) is 2.93. The second kappa shape index (κ2) is 7.49. The lowest BCUT2D eigenvalue weighted by Crippen LogP contribution is -2.45. The van der Waals surface area contributed by atoms with E-state index >= 15 is 0 Å². The molecule has 0 amide bonds. The Morgan fingerprint density at radius 3 is 3.04 bits per heavy atom. The van der Waals surface area contributed by atoms with Gasteiger partial charge in [0.25, 0.3) is 0 Å². The van der Waals surface area contributed by atoms with E-state index < -0.39 is 9.84 Å². The third-order valence-corrected chi connectivity index (χ3v) is 6.05. The lowest BCUT2D eigenvalue weighted by atomic mass is 10.0. The lowest BCUT2D eigenvalue weighted by Gasteiger charge is -2.36. The minimum atomic E-state index is -3.05. The van der Waals surface area contributed by atoms with E-state index in [-0.39, 0.29) is 11.8 Å². The molecule has 1 atom stereocenters. The molecule has 1 N–H and O–H groups in total. The summed E-state index contributed by atoms with van der Waals surface area (Å²) >= 11 is 7.54. The van der Waals surface area contributed by atoms with Crippen molar-refractivity contribution in [2.24, 2.45) is 0 Å². The first-order valence-electron chi connectivity index (χ1n) is 7.72. The van der Waals surface area contributed by atoms with Gasteiger partial charge in [-0.15, -0.1) is 11.3 Å². The standard InChI is InChI=1S/C16H20ClN3O2S2/c1-24(21,22)11-16-19-14(10-23-16)9-20-6-5-18-8-15(20)12-3-2-4-13(17)7-12/h2-4,7,10,15,18H,5-6,8-9,11H2,1H3. The monoisotopic (exact) mass is 385 g/mol. The minimum absolute atomic E-state index is 0.0109. The van der Waals surface area contributed by atoms with Crippen LogP contribution in [-0.2, 0) is 22.1 Å². The zero-order chi connectivity index (χ0) is 17.2. The van der Waals surface area contributed by atoms with Gasteiger partial charge in [0.1, 0.15) is 10.8 Å². The van der Waals surface area contributed by atoms with Crippen LogP contribution in [-0.4, -0.2) is 44.2 Å². The molecule has 1 aliphatic heterocycles. The molecule has 0 saturated carbocycles. The molecule has 130 valence electrons. The van der Waals surface area contributed by atoms with Crippen LogP contribution in [0.4, 0.5) is 0 Å². The second-order valence-electron chi connectivity index (χ2n) is 6.05. The van der Waals surface area contributed by atoms with Crippen LogP contribution in [0.25, 0.3) is 0 Å². The van der Waals surface area contributed by atoms with Gasteiger partial charge in [0, 0.05) is 48.9 Å². The summed E-state index contributed by atoms with van der Waals surface area (Å²) in [7, 11) is -3.05. The number of nitrogens with one attached hydrogen (secondary N) is 1. The van der Waals surface area contributed by atoms with Crippen LogP contribution in [0.2, 0.25) is 5.02 Å². The van der Waals surface area contributed by atoms with Gasteiger partial charge in [-0.2, -0.15) is 0 Å². The van der Waals surface area contributed by atoms with E-state index in [4.69, 9.17) is 11.6 Å². The van der Waals surface area contributed by atoms with Crippen LogP contribution in [0.1, 0.15) is 22.3 Å². The van der Waals surface area contributed by atoms with Crippen molar-refractivity contribution in [3.05, 3.63) is 50.9 Å². The van der Waals surface area contributed by atoms with Crippen LogP contribution in [0.5, 0.6) is 0 Å². The van der Waals surface area contributed by atoms with Crippen LogP contribution in [0.3, 0.4) is 0 Å². The van der Waals surface area contributed by atoms with E-state index in [0.29, 0.717) is 11.6 Å². The Hall–Kier alpha value is -0.990. The third kappa shape index (κ3) is 4.77. The van der Waals surface area contributed by atoms with E-state index in [1.54, 1.807) is 0 Å². The van der Waals surface area contributed by atoms with Gasteiger partial charge in [-0.1, -0.05) is 23.7 Å². The summed E-state index contributed by atoms with van der Waals surface area (Å²) < 4.78 is 22.8. The molecular weight excluding hydrogens is 366 g/mol. The Kier molecular flexibility index (Phi) is 5.56. The summed E-state index contributed by atoms with van der Waals surface area (Å²) in [6, 6.07) is 8.17. The van der Waals surface area contributed by atoms with E-state index in [1.165, 1.54) is 23.2 Å². The van der Waals surface area contributed by atoms with Crippen LogP contribution >= 0.6 is 22.9 Å². The molecule has 1 aliphatic rings. The number of rotatable bonds is 5. The summed E-state index contributed by atoms with van der Waals surface area (Å²) in [6.45, 7) is 3.41. The molecule has 2 heterocycles. The molecule has 1 unspecified atom stereocenters. The predicted octanol–water partition coefficient (Wildman–Crippen LogP) is 2.49. The zero-order valence-corrected chi connectivity index (χ0v) is 15.8. The van der Waals surface area contributed by atoms with Crippen molar-refractivity contribution in [1.29, 1.82) is 0 Å². The normalized spacial score (nSPS) is 19.5. The maximum absolute atomic E-state index is 11.4. The number of aromatic nitrogens is 1. The SMILES string of the molecule is CS(=O)(=O)Cc1nc(CN2CCNCC2c2cccc(Cl)c2)cs1. The second-order valence-corrected chi connectivity index (χ2v) is 9.57. The van der Waals surface area contributed by atoms with E-state index in [0.717, 1.165) is 30.4 Å². The molecule has 3 rings (SSSR count). The molecule has 1 fully saturated rings. The molecule has 2 aromatic rings. The van der Waals surface area contributed by atoms with Gasteiger partial charge in [-0.3, -0.25) is 4.90 Å². The topological polar surface area (TPSA) is 62.3 Å². The highest BCUT2D eigenvalue weighted by Crippen LogP contribution is 2.26. The number of hydrogen-bond acceptors (Lipinski definition) is 6. The maximum Gasteiger partial charge on any atom is 0.153 e. The quantitative estimate of drug-likeness (QED) is 0.856. The largest absolute Gasteiger partial charge is 0.314 e. The van der Waals surface area contributed by atoms with Crippen molar-refractivity contribution in [2.45, 2.75) is 18.3 Å². The summed E-state index contributed by atoms with van der Waals surface area (Å²) in [5.41, 5.74) is 2.11. The van der Waals surface area contributed by atoms with Gasteiger partial charge < -0.3 is 5.32 Å². The van der Waals surface area contributed by atoms with Crippen LogP contribution in [0, 0.1) is 0 Å². The van der Waals surface area contributed by atoms with Crippen LogP contribution < -0.4 is 5.32 Å². The maximum atomic E-state index is 11.4. The number of halogens is 1. The third-order valence-electron chi connectivity index (χ3n) is 3.94. The summed E-state index contributed by atoms with van der Waals surface area (Å²) in [6.07, 6.45) is 1.24. The number of benzene rings is 1. The molecule has 0 aliphatic carbocycles. The van der Waals surface area contributed by atoms with E-state index in [2.05, 4.69) is 21.3 Å². The first kappa shape index (κ1) is 17.8. The van der Waals surface area contributed by atoms with Crippen molar-refractivity contribution >= 4 is 32.8 Å². The Bertz CT molecular complexity index is 807. The molecule has 24 heavy (non-hydrogen) atoms. The van der Waals surface area contributed by atoms with Crippen LogP contribution in [0.15, 0.2) is 29.6 Å². The number of sulfone groups is 1. The molecule has 0 bridgehead atoms. The molecule has 1 aromatic carbocycles. The molecule has 0 radical (unpaired) electrons. The molecule has 5 nitrogen and oxygen atoms in total. The van der Waals surface area contributed by atoms with Gasteiger partial charge in [0.05, 0.1) is 5.69 Å². The van der Waals surface area contributed by atoms with Gasteiger partial charge in [-0.05, 0) is 17.7 Å². The number of hydrogen-bond donors (Lipinski definition) is 1. The Morgan fingerprint density at radius 1 is 1.46 bits per heavy atom. The minimum Gasteiger partial charge on any atom is -0.314 e. The number of piperazine rings is 1. The Labute approximate surface area is 151 Å². The fourth-order valence-corrected chi connectivity index (χ4v) is 5.09. The Balaban J connectivity index is 1.75. The van der Waals surface area contributed by atoms with Gasteiger partial charge in [0.15, 0.2) is 9.84 Å². The highest BCUT2D eigenvalue weighted by Gasteiger charge is 2.24. The van der Waals surface area contributed by atoms with E-state index in [1.807, 2.05) is 23.6 Å². The summed E-state index contributed by atoms with van der Waals surface area (Å²) in [5.74, 6) is 0.0109. The first-order valence-corrected chi connectivity index (χ1v) is 11.0. The fraction of sp³-hybridized carbons (Fsp3) is 0.438. The van der Waals surface area contributed by atoms with Gasteiger partial charge >= 0.3 is 0 Å². The zero-order valence-electron chi connectivity index (χ0n) is 13.4. The number of nitrogens with zero attached hydrogens (tertiary/aromatic N) is 2. The van der Waals surface area contributed by atoms with Crippen molar-refractivity contribution in [1.82, 2.24) is 15.2 Å². The first-order chi connectivity index (χ1) is 11.4. The molecule has 1 aromatic heterocycles. The van der Waals surface area contributed by atoms with Gasteiger partial charge in [0.2, 0.25) is 0 Å². The lowest BCUT2D eigenvalue weighted by molar-refractivity contribution is 0.152. The molecule has 8 heteroatoms. The van der Waals surface area contributed by atoms with Gasteiger partial charge in [-0.25, -0.2) is 13.4 Å². The fourth-order valence-electron chi connectivity index (χ4n) is 2.90. The van der Waals surface area contributed by atoms with Crippen molar-refractivity contribution in [3.63, 3.8) is 0 Å². The summed E-state index contributed by atoms with van der Waals surface area (Å²) in [4.78, 5) is 6.85. The van der Waals surface area contributed by atoms with Crippen molar-refractivity contribution in [2.75, 3.05) is 25.9 Å². The van der Waals surface area contributed by atoms with Crippen molar-refractivity contribution in [3.8, 4) is 0 Å². The molecule has 1 saturated heterocycles. The smallest absolute Gasteiger partial charge is 0.153 e. The Morgan fingerprint density at radius 2 is 2.29 bits per heavy atom. The highest BCUT2D eigenvalue weighted by molar-refractivity contribution is 7.90. The number of thiazole rings is 1. The molecular formula is C16H20ClN3O2S2. The van der Waals surface area contributed by atoms with Crippen molar-refractivity contribution < 1.29 is 8.42 Å².